The summed E-state index contributed by atoms with van der Waals surface area (Å²) in [5.41, 5.74) is 3.38. The SMILES string of the molecule is COc1ccc(Br)cc1Cn1nc(C)c(C(C)=O)c1C. The van der Waals surface area contributed by atoms with E-state index in [1.165, 1.54) is 0 Å². The van der Waals surface area contributed by atoms with Crippen molar-refractivity contribution in [3.8, 4) is 5.75 Å². The number of hydrogen-bond acceptors (Lipinski definition) is 3. The summed E-state index contributed by atoms with van der Waals surface area (Å²) in [5.74, 6) is 0.859. The quantitative estimate of drug-likeness (QED) is 0.802. The molecule has 0 bridgehead atoms. The molecule has 1 aromatic heterocycles. The molecule has 0 saturated carbocycles. The summed E-state index contributed by atoms with van der Waals surface area (Å²) in [7, 11) is 1.65. The van der Waals surface area contributed by atoms with Crippen LogP contribution in [0.2, 0.25) is 0 Å². The van der Waals surface area contributed by atoms with Crippen LogP contribution in [0.3, 0.4) is 0 Å². The van der Waals surface area contributed by atoms with Gasteiger partial charge in [-0.15, -0.1) is 0 Å². The number of nitrogens with zero attached hydrogens (tertiary/aromatic N) is 2. The van der Waals surface area contributed by atoms with Crippen LogP contribution < -0.4 is 4.74 Å². The number of methoxy groups -OCH3 is 1. The zero-order chi connectivity index (χ0) is 14.9. The molecule has 0 radical (unpaired) electrons. The molecule has 4 nitrogen and oxygen atoms in total. The number of carbonyl (C=O) groups excluding carboxylic acids is 1. The molecule has 1 aromatic carbocycles. The average molecular weight is 337 g/mol. The van der Waals surface area contributed by atoms with Gasteiger partial charge in [0.15, 0.2) is 5.78 Å². The summed E-state index contributed by atoms with van der Waals surface area (Å²) >= 11 is 3.46. The Labute approximate surface area is 126 Å². The lowest BCUT2D eigenvalue weighted by Crippen LogP contribution is -2.06. The van der Waals surface area contributed by atoms with Crippen molar-refractivity contribution in [1.82, 2.24) is 9.78 Å². The Bertz CT molecular complexity index is 662. The number of Topliss-reactive ketones (excluding diaryl/α,β-unsaturated/α-hetero) is 1. The largest absolute Gasteiger partial charge is 0.496 e. The summed E-state index contributed by atoms with van der Waals surface area (Å²) in [4.78, 5) is 11.6. The molecule has 106 valence electrons. The van der Waals surface area contributed by atoms with Crippen molar-refractivity contribution in [1.29, 1.82) is 0 Å². The molecular weight excluding hydrogens is 320 g/mol. The monoisotopic (exact) mass is 336 g/mol. The maximum Gasteiger partial charge on any atom is 0.163 e. The van der Waals surface area contributed by atoms with Gasteiger partial charge in [-0.05, 0) is 39.0 Å². The van der Waals surface area contributed by atoms with Gasteiger partial charge in [-0.25, -0.2) is 0 Å². The van der Waals surface area contributed by atoms with Crippen LogP contribution in [0.15, 0.2) is 22.7 Å². The first kappa shape index (κ1) is 14.8. The van der Waals surface area contributed by atoms with Crippen LogP contribution in [-0.4, -0.2) is 22.7 Å². The van der Waals surface area contributed by atoms with E-state index in [1.54, 1.807) is 14.0 Å². The minimum Gasteiger partial charge on any atom is -0.496 e. The smallest absolute Gasteiger partial charge is 0.163 e. The normalized spacial score (nSPS) is 10.7. The van der Waals surface area contributed by atoms with Crippen molar-refractivity contribution in [2.24, 2.45) is 0 Å². The van der Waals surface area contributed by atoms with Crippen LogP contribution in [0, 0.1) is 13.8 Å². The molecule has 0 N–H and O–H groups in total. The highest BCUT2D eigenvalue weighted by molar-refractivity contribution is 9.10. The second kappa shape index (κ2) is 5.79. The van der Waals surface area contributed by atoms with E-state index >= 15 is 0 Å². The Hall–Kier alpha value is -1.62. The molecule has 2 rings (SSSR count). The van der Waals surface area contributed by atoms with Crippen molar-refractivity contribution >= 4 is 21.7 Å². The van der Waals surface area contributed by atoms with Crippen molar-refractivity contribution in [3.63, 3.8) is 0 Å². The highest BCUT2D eigenvalue weighted by Gasteiger charge is 2.16. The van der Waals surface area contributed by atoms with Gasteiger partial charge < -0.3 is 4.74 Å². The molecule has 0 unspecified atom stereocenters. The molecule has 1 heterocycles. The van der Waals surface area contributed by atoms with Crippen molar-refractivity contribution in [3.05, 3.63) is 45.2 Å². The van der Waals surface area contributed by atoms with E-state index in [-0.39, 0.29) is 5.78 Å². The molecule has 0 saturated heterocycles. The van der Waals surface area contributed by atoms with Crippen LogP contribution in [0.25, 0.3) is 0 Å². The fourth-order valence-electron chi connectivity index (χ4n) is 2.39. The highest BCUT2D eigenvalue weighted by Crippen LogP contribution is 2.25. The average Bonchev–Trinajstić information content (AvgIpc) is 2.64. The molecule has 0 aliphatic rings. The Balaban J connectivity index is 2.43. The van der Waals surface area contributed by atoms with Crippen LogP contribution in [0.1, 0.15) is 34.2 Å². The topological polar surface area (TPSA) is 44.1 Å². The Morgan fingerprint density at radius 1 is 1.40 bits per heavy atom. The molecule has 5 heteroatoms. The minimum atomic E-state index is 0.0486. The van der Waals surface area contributed by atoms with E-state index in [2.05, 4.69) is 21.0 Å². The Morgan fingerprint density at radius 2 is 2.10 bits per heavy atom. The van der Waals surface area contributed by atoms with Crippen LogP contribution >= 0.6 is 15.9 Å². The molecule has 0 spiro atoms. The van der Waals surface area contributed by atoms with E-state index in [9.17, 15) is 4.79 Å². The molecule has 0 aliphatic carbocycles. The molecule has 0 atom stereocenters. The third kappa shape index (κ3) is 2.77. The molecular formula is C15H17BrN2O2. The third-order valence-electron chi connectivity index (χ3n) is 3.30. The first-order valence-electron chi connectivity index (χ1n) is 6.31. The third-order valence-corrected chi connectivity index (χ3v) is 3.79. The number of halogens is 1. The summed E-state index contributed by atoms with van der Waals surface area (Å²) in [6.07, 6.45) is 0. The lowest BCUT2D eigenvalue weighted by molar-refractivity contribution is 0.101. The molecule has 0 aliphatic heterocycles. The van der Waals surface area contributed by atoms with Gasteiger partial charge in [-0.1, -0.05) is 15.9 Å². The maximum absolute atomic E-state index is 11.6. The number of ether oxygens (including phenoxy) is 1. The van der Waals surface area contributed by atoms with Crippen molar-refractivity contribution < 1.29 is 9.53 Å². The zero-order valence-corrected chi connectivity index (χ0v) is 13.6. The molecule has 2 aromatic rings. The standard InChI is InChI=1S/C15H17BrN2O2/c1-9-15(11(3)19)10(2)18(17-9)8-12-7-13(16)5-6-14(12)20-4/h5-7H,8H2,1-4H3. The fraction of sp³-hybridized carbons (Fsp3) is 0.333. The second-order valence-electron chi connectivity index (χ2n) is 4.72. The number of rotatable bonds is 4. The second-order valence-corrected chi connectivity index (χ2v) is 5.63. The van der Waals surface area contributed by atoms with Gasteiger partial charge in [0, 0.05) is 15.7 Å². The number of carbonyl (C=O) groups is 1. The molecule has 0 amide bonds. The first-order chi connectivity index (χ1) is 9.43. The molecule has 20 heavy (non-hydrogen) atoms. The number of hydrogen-bond donors (Lipinski definition) is 0. The van der Waals surface area contributed by atoms with E-state index in [4.69, 9.17) is 4.74 Å². The van der Waals surface area contributed by atoms with Gasteiger partial charge in [-0.2, -0.15) is 5.10 Å². The van der Waals surface area contributed by atoms with Gasteiger partial charge in [0.2, 0.25) is 0 Å². The molecule has 0 fully saturated rings. The summed E-state index contributed by atoms with van der Waals surface area (Å²) < 4.78 is 8.20. The van der Waals surface area contributed by atoms with Crippen molar-refractivity contribution in [2.75, 3.05) is 7.11 Å². The number of ketones is 1. The lowest BCUT2D eigenvalue weighted by atomic mass is 10.1. The number of aryl methyl sites for hydroxylation is 1. The summed E-state index contributed by atoms with van der Waals surface area (Å²) in [6, 6.07) is 5.85. The van der Waals surface area contributed by atoms with E-state index < -0.39 is 0 Å². The van der Waals surface area contributed by atoms with Gasteiger partial charge in [0.05, 0.1) is 24.9 Å². The van der Waals surface area contributed by atoms with Crippen LogP contribution in [-0.2, 0) is 6.54 Å². The number of benzene rings is 1. The maximum atomic E-state index is 11.6. The van der Waals surface area contributed by atoms with E-state index in [1.807, 2.05) is 36.7 Å². The van der Waals surface area contributed by atoms with E-state index in [0.29, 0.717) is 12.1 Å². The van der Waals surface area contributed by atoms with Crippen LogP contribution in [0.5, 0.6) is 5.75 Å². The minimum absolute atomic E-state index is 0.0486. The lowest BCUT2D eigenvalue weighted by Gasteiger charge is -2.10. The number of aromatic nitrogens is 2. The summed E-state index contributed by atoms with van der Waals surface area (Å²) in [5, 5.41) is 4.46. The van der Waals surface area contributed by atoms with Gasteiger partial charge in [-0.3, -0.25) is 9.48 Å². The fourth-order valence-corrected chi connectivity index (χ4v) is 2.80. The Morgan fingerprint density at radius 3 is 2.65 bits per heavy atom. The Kier molecular flexibility index (Phi) is 4.28. The van der Waals surface area contributed by atoms with Gasteiger partial charge in [0.1, 0.15) is 5.75 Å². The predicted molar refractivity (Wildman–Crippen MR) is 81.5 cm³/mol. The van der Waals surface area contributed by atoms with E-state index in [0.717, 1.165) is 27.2 Å². The highest BCUT2D eigenvalue weighted by atomic mass is 79.9. The zero-order valence-electron chi connectivity index (χ0n) is 12.0. The first-order valence-corrected chi connectivity index (χ1v) is 7.10. The van der Waals surface area contributed by atoms with Gasteiger partial charge in [0.25, 0.3) is 0 Å². The van der Waals surface area contributed by atoms with Gasteiger partial charge >= 0.3 is 0 Å². The van der Waals surface area contributed by atoms with Crippen molar-refractivity contribution in [2.45, 2.75) is 27.3 Å². The predicted octanol–water partition coefficient (Wildman–Crippen LogP) is 3.52. The summed E-state index contributed by atoms with van der Waals surface area (Å²) in [6.45, 7) is 5.92. The van der Waals surface area contributed by atoms with Crippen LogP contribution in [0.4, 0.5) is 0 Å².